The first-order valence-corrected chi connectivity index (χ1v) is 11.1. The van der Waals surface area contributed by atoms with Gasteiger partial charge in [-0.25, -0.2) is 4.79 Å². The second kappa shape index (κ2) is 10.4. The van der Waals surface area contributed by atoms with Crippen LogP contribution in [0.1, 0.15) is 37.5 Å². The third kappa shape index (κ3) is 5.71. The Hall–Kier alpha value is -3.24. The lowest BCUT2D eigenvalue weighted by molar-refractivity contribution is 0.0533. The predicted octanol–water partition coefficient (Wildman–Crippen LogP) is 6.47. The van der Waals surface area contributed by atoms with E-state index >= 15 is 0 Å². The summed E-state index contributed by atoms with van der Waals surface area (Å²) >= 11 is 5.37. The summed E-state index contributed by atoms with van der Waals surface area (Å²) in [6.07, 6.45) is 1.68. The molecule has 0 spiro atoms. The summed E-state index contributed by atoms with van der Waals surface area (Å²) in [5.74, 6) is 0. The van der Waals surface area contributed by atoms with E-state index in [0.29, 0.717) is 0 Å². The molecular weight excluding hydrogens is 414 g/mol. The van der Waals surface area contributed by atoms with E-state index in [1.165, 1.54) is 0 Å². The van der Waals surface area contributed by atoms with Crippen LogP contribution in [0.15, 0.2) is 103 Å². The van der Waals surface area contributed by atoms with Gasteiger partial charge in [-0.1, -0.05) is 109 Å². The van der Waals surface area contributed by atoms with Gasteiger partial charge >= 0.3 is 6.09 Å². The average molecular weight is 444 g/mol. The van der Waals surface area contributed by atoms with Gasteiger partial charge in [0.2, 0.25) is 0 Å². The summed E-state index contributed by atoms with van der Waals surface area (Å²) in [5, 5.41) is 4.47. The molecule has 0 bridgehead atoms. The Labute approximate surface area is 196 Å². The first-order valence-electron chi connectivity index (χ1n) is 10.7. The van der Waals surface area contributed by atoms with E-state index in [-0.39, 0.29) is 6.54 Å². The van der Waals surface area contributed by atoms with Crippen LogP contribution in [0.4, 0.5) is 4.79 Å². The van der Waals surface area contributed by atoms with Crippen molar-refractivity contribution in [2.45, 2.75) is 31.8 Å². The van der Waals surface area contributed by atoms with Crippen molar-refractivity contribution in [2.24, 2.45) is 0 Å². The first kappa shape index (κ1) is 23.4. The molecule has 0 saturated carbocycles. The molecule has 0 fully saturated rings. The largest absolute Gasteiger partial charge is 0.444 e. The Morgan fingerprint density at radius 2 is 1.22 bits per heavy atom. The highest BCUT2D eigenvalue weighted by Gasteiger charge is 2.34. The summed E-state index contributed by atoms with van der Waals surface area (Å²) < 4.78 is 5.39. The fourth-order valence-electron chi connectivity index (χ4n) is 3.75. The number of hydrogen-bond donors (Lipinski definition) is 1. The molecule has 0 heterocycles. The van der Waals surface area contributed by atoms with Gasteiger partial charge in [-0.05, 0) is 43.0 Å². The zero-order chi connectivity index (χ0) is 23.0. The number of thiocarbonyl (C=S) groups is 1. The molecule has 0 unspecified atom stereocenters. The number of ether oxygens (including phenoxy) is 1. The van der Waals surface area contributed by atoms with Crippen LogP contribution in [0.25, 0.3) is 0 Å². The molecule has 0 aliphatic carbocycles. The van der Waals surface area contributed by atoms with Gasteiger partial charge in [0.1, 0.15) is 5.60 Å². The maximum absolute atomic E-state index is 12.2. The fraction of sp³-hybridized carbons (Fsp3) is 0.214. The number of carbonyl (C=O) groups excluding carboxylic acids is 1. The van der Waals surface area contributed by atoms with E-state index in [0.717, 1.165) is 22.3 Å². The van der Waals surface area contributed by atoms with Crippen LogP contribution in [-0.4, -0.2) is 23.6 Å². The zero-order valence-corrected chi connectivity index (χ0v) is 19.6. The molecule has 1 amide bonds. The van der Waals surface area contributed by atoms with Crippen molar-refractivity contribution in [1.29, 1.82) is 0 Å². The van der Waals surface area contributed by atoms with E-state index in [2.05, 4.69) is 47.8 Å². The molecule has 0 saturated heterocycles. The Bertz CT molecular complexity index is 958. The maximum atomic E-state index is 12.2. The predicted molar refractivity (Wildman–Crippen MR) is 135 cm³/mol. The SMILES string of the molecule is CC(C)(C)OC(=O)NC/C(C=S)=C/C(c1ccccc1)(c1ccccc1)c1ccccc1. The number of allylic oxidation sites excluding steroid dienone is 1. The molecule has 0 atom stereocenters. The van der Waals surface area contributed by atoms with Gasteiger partial charge in [-0.15, -0.1) is 0 Å². The highest BCUT2D eigenvalue weighted by atomic mass is 32.1. The van der Waals surface area contributed by atoms with Crippen molar-refractivity contribution in [3.8, 4) is 0 Å². The molecule has 1 N–H and O–H groups in total. The molecular formula is C28H29NO2S. The number of benzene rings is 3. The molecule has 3 nitrogen and oxygen atoms in total. The molecule has 3 aromatic carbocycles. The number of amides is 1. The Balaban J connectivity index is 2.13. The van der Waals surface area contributed by atoms with E-state index < -0.39 is 17.1 Å². The lowest BCUT2D eigenvalue weighted by Gasteiger charge is -2.34. The third-order valence-electron chi connectivity index (χ3n) is 5.08. The van der Waals surface area contributed by atoms with Crippen molar-refractivity contribution in [2.75, 3.05) is 6.54 Å². The van der Waals surface area contributed by atoms with Crippen LogP contribution in [0.2, 0.25) is 0 Å². The molecule has 3 aromatic rings. The van der Waals surface area contributed by atoms with Gasteiger partial charge in [-0.3, -0.25) is 0 Å². The summed E-state index contributed by atoms with van der Waals surface area (Å²) in [7, 11) is 0. The molecule has 0 aliphatic rings. The molecule has 32 heavy (non-hydrogen) atoms. The molecule has 4 heteroatoms. The van der Waals surface area contributed by atoms with E-state index in [4.69, 9.17) is 17.0 Å². The average Bonchev–Trinajstić information content (AvgIpc) is 2.80. The Kier molecular flexibility index (Phi) is 7.60. The van der Waals surface area contributed by atoms with Gasteiger partial charge in [0.15, 0.2) is 0 Å². The number of hydrogen-bond acceptors (Lipinski definition) is 3. The third-order valence-corrected chi connectivity index (χ3v) is 5.38. The Morgan fingerprint density at radius 1 is 0.812 bits per heavy atom. The van der Waals surface area contributed by atoms with Crippen LogP contribution >= 0.6 is 12.2 Å². The molecule has 0 aromatic heterocycles. The maximum Gasteiger partial charge on any atom is 0.407 e. The van der Waals surface area contributed by atoms with Crippen LogP contribution in [0.5, 0.6) is 0 Å². The molecule has 164 valence electrons. The van der Waals surface area contributed by atoms with Crippen molar-refractivity contribution in [3.05, 3.63) is 119 Å². The number of nitrogens with one attached hydrogen (secondary N) is 1. The quantitative estimate of drug-likeness (QED) is 0.258. The van der Waals surface area contributed by atoms with Gasteiger partial charge < -0.3 is 10.1 Å². The van der Waals surface area contributed by atoms with Crippen molar-refractivity contribution in [3.63, 3.8) is 0 Å². The lowest BCUT2D eigenvalue weighted by atomic mass is 9.68. The van der Waals surface area contributed by atoms with Gasteiger partial charge in [0, 0.05) is 11.9 Å². The van der Waals surface area contributed by atoms with Crippen molar-refractivity contribution in [1.82, 2.24) is 5.32 Å². The highest BCUT2D eigenvalue weighted by molar-refractivity contribution is 7.79. The summed E-state index contributed by atoms with van der Waals surface area (Å²) in [6.45, 7) is 5.79. The number of rotatable bonds is 7. The molecule has 3 rings (SSSR count). The second-order valence-corrected chi connectivity index (χ2v) is 8.83. The highest BCUT2D eigenvalue weighted by Crippen LogP contribution is 2.41. The normalized spacial score (nSPS) is 12.2. The topological polar surface area (TPSA) is 38.3 Å². The monoisotopic (exact) mass is 443 g/mol. The molecule has 0 aliphatic heterocycles. The van der Waals surface area contributed by atoms with Crippen LogP contribution in [-0.2, 0) is 10.2 Å². The summed E-state index contributed by atoms with van der Waals surface area (Å²) in [6, 6.07) is 31.0. The van der Waals surface area contributed by atoms with Gasteiger partial charge in [0.05, 0.1) is 5.41 Å². The summed E-state index contributed by atoms with van der Waals surface area (Å²) in [4.78, 5) is 12.2. The zero-order valence-electron chi connectivity index (χ0n) is 18.7. The molecule has 0 radical (unpaired) electrons. The minimum atomic E-state index is -0.579. The van der Waals surface area contributed by atoms with E-state index in [9.17, 15) is 4.79 Å². The van der Waals surface area contributed by atoms with Gasteiger partial charge in [-0.2, -0.15) is 0 Å². The standard InChI is InChI=1S/C28H29NO2S/c1-27(2,3)31-26(30)29-20-22(21-32)19-28(23-13-7-4-8-14-23,24-15-9-5-10-16-24)25-17-11-6-12-18-25/h4-19,21H,20H2,1-3H3,(H,29,30)/b22-19-. The van der Waals surface area contributed by atoms with Crippen LogP contribution < -0.4 is 5.32 Å². The lowest BCUT2D eigenvalue weighted by Crippen LogP contribution is -2.34. The minimum absolute atomic E-state index is 0.271. The minimum Gasteiger partial charge on any atom is -0.444 e. The smallest absolute Gasteiger partial charge is 0.407 e. The first-order chi connectivity index (χ1) is 15.3. The van der Waals surface area contributed by atoms with Crippen molar-refractivity contribution >= 4 is 23.7 Å². The fourth-order valence-corrected chi connectivity index (χ4v) is 3.90. The van der Waals surface area contributed by atoms with E-state index in [1.807, 2.05) is 75.4 Å². The van der Waals surface area contributed by atoms with E-state index in [1.54, 1.807) is 5.37 Å². The van der Waals surface area contributed by atoms with Crippen LogP contribution in [0, 0.1) is 0 Å². The number of alkyl carbamates (subject to hydrolysis) is 1. The van der Waals surface area contributed by atoms with Crippen molar-refractivity contribution < 1.29 is 9.53 Å². The van der Waals surface area contributed by atoms with Gasteiger partial charge in [0.25, 0.3) is 0 Å². The van der Waals surface area contributed by atoms with Crippen LogP contribution in [0.3, 0.4) is 0 Å². The Morgan fingerprint density at radius 3 is 1.56 bits per heavy atom. The number of carbonyl (C=O) groups is 1. The second-order valence-electron chi connectivity index (χ2n) is 8.60. The summed E-state index contributed by atoms with van der Waals surface area (Å²) in [5.41, 5.74) is 3.02.